The molecule has 5 rings (SSSR count). The average molecular weight is 474 g/mol. The second-order valence-electron chi connectivity index (χ2n) is 9.69. The van der Waals surface area contributed by atoms with E-state index >= 15 is 0 Å². The Hall–Kier alpha value is -3.25. The number of nitrogens with zero attached hydrogens (tertiary/aromatic N) is 1. The van der Waals surface area contributed by atoms with Gasteiger partial charge in [-0.1, -0.05) is 30.4 Å². The first kappa shape index (κ1) is 22.5. The Bertz CT molecular complexity index is 1340. The summed E-state index contributed by atoms with van der Waals surface area (Å²) in [6, 6.07) is 20.1. The van der Waals surface area contributed by atoms with Crippen molar-refractivity contribution in [1.29, 1.82) is 0 Å². The van der Waals surface area contributed by atoms with Crippen LogP contribution in [0.15, 0.2) is 77.7 Å². The molecule has 3 unspecified atom stereocenters. The van der Waals surface area contributed by atoms with Crippen molar-refractivity contribution in [3.63, 3.8) is 0 Å². The van der Waals surface area contributed by atoms with E-state index in [0.29, 0.717) is 16.5 Å². The Morgan fingerprint density at radius 2 is 1.65 bits per heavy atom. The third-order valence-electron chi connectivity index (χ3n) is 6.89. The number of hydrogen-bond donors (Lipinski definition) is 2. The normalized spacial score (nSPS) is 20.9. The molecule has 3 atom stereocenters. The Labute approximate surface area is 202 Å². The lowest BCUT2D eigenvalue weighted by molar-refractivity contribution is 0.425. The first-order chi connectivity index (χ1) is 16.2. The van der Waals surface area contributed by atoms with Crippen molar-refractivity contribution in [3.05, 3.63) is 95.1 Å². The molecule has 0 aromatic heterocycles. The smallest absolute Gasteiger partial charge is 0.261 e. The molecule has 3 aromatic carbocycles. The van der Waals surface area contributed by atoms with Crippen molar-refractivity contribution in [2.75, 3.05) is 29.0 Å². The molecular formula is C28H31N3O2S. The van der Waals surface area contributed by atoms with Gasteiger partial charge in [-0.05, 0) is 90.9 Å². The molecular weight excluding hydrogens is 442 g/mol. The molecule has 6 heteroatoms. The molecule has 0 fully saturated rings. The van der Waals surface area contributed by atoms with E-state index < -0.39 is 10.0 Å². The lowest BCUT2D eigenvalue weighted by Gasteiger charge is -2.38. The van der Waals surface area contributed by atoms with Crippen LogP contribution in [0.2, 0.25) is 0 Å². The van der Waals surface area contributed by atoms with Crippen LogP contribution in [0.1, 0.15) is 40.6 Å². The van der Waals surface area contributed by atoms with Crippen LogP contribution < -0.4 is 14.9 Å². The monoisotopic (exact) mass is 473 g/mol. The van der Waals surface area contributed by atoms with E-state index in [0.717, 1.165) is 28.8 Å². The van der Waals surface area contributed by atoms with Crippen LogP contribution in [0.5, 0.6) is 0 Å². The Balaban J connectivity index is 1.46. The Morgan fingerprint density at radius 3 is 2.32 bits per heavy atom. The van der Waals surface area contributed by atoms with Crippen molar-refractivity contribution in [2.24, 2.45) is 5.92 Å². The fourth-order valence-electron chi connectivity index (χ4n) is 5.30. The molecule has 2 aliphatic rings. The number of allylic oxidation sites excluding steroid dienone is 2. The standard InChI is InChI=1S/C28H31N3O2S/c1-18-14-19(2)16-21(15-18)30-34(32,33)23-12-13-27-26(17-23)24-6-5-7-25(24)28(29-27)20-8-10-22(11-9-20)31(3)4/h5-6,8-17,24-25,28-30H,7H2,1-4H3. The second kappa shape index (κ2) is 8.51. The minimum atomic E-state index is -3.69. The van der Waals surface area contributed by atoms with E-state index in [-0.39, 0.29) is 12.0 Å². The molecule has 0 amide bonds. The highest BCUT2D eigenvalue weighted by atomic mass is 32.2. The zero-order chi connectivity index (χ0) is 24.0. The quantitative estimate of drug-likeness (QED) is 0.447. The summed E-state index contributed by atoms with van der Waals surface area (Å²) in [5, 5.41) is 3.71. The zero-order valence-corrected chi connectivity index (χ0v) is 20.9. The summed E-state index contributed by atoms with van der Waals surface area (Å²) in [7, 11) is 0.392. The molecule has 0 spiro atoms. The number of aryl methyl sites for hydroxylation is 2. The van der Waals surface area contributed by atoms with Gasteiger partial charge < -0.3 is 10.2 Å². The number of fused-ring (bicyclic) bond motifs is 3. The SMILES string of the molecule is Cc1cc(C)cc(NS(=O)(=O)c2ccc3c(c2)C2C=CCC2C(c2ccc(N(C)C)cc2)N3)c1. The Kier molecular flexibility index (Phi) is 5.64. The van der Waals surface area contributed by atoms with E-state index in [1.165, 1.54) is 11.3 Å². The molecule has 0 bridgehead atoms. The number of rotatable bonds is 5. The predicted molar refractivity (Wildman–Crippen MR) is 140 cm³/mol. The van der Waals surface area contributed by atoms with Gasteiger partial charge in [-0.25, -0.2) is 8.42 Å². The first-order valence-electron chi connectivity index (χ1n) is 11.7. The third kappa shape index (κ3) is 4.18. The largest absolute Gasteiger partial charge is 0.378 e. The van der Waals surface area contributed by atoms with Gasteiger partial charge in [0, 0.05) is 37.1 Å². The molecule has 176 valence electrons. The van der Waals surface area contributed by atoms with Gasteiger partial charge in [0.25, 0.3) is 10.0 Å². The average Bonchev–Trinajstić information content (AvgIpc) is 3.27. The fraction of sp³-hybridized carbons (Fsp3) is 0.286. The maximum atomic E-state index is 13.2. The fourth-order valence-corrected chi connectivity index (χ4v) is 6.37. The molecule has 1 aliphatic carbocycles. The minimum Gasteiger partial charge on any atom is -0.378 e. The van der Waals surface area contributed by atoms with E-state index in [2.05, 4.69) is 51.4 Å². The van der Waals surface area contributed by atoms with Crippen LogP contribution in [0.3, 0.4) is 0 Å². The summed E-state index contributed by atoms with van der Waals surface area (Å²) in [6.45, 7) is 3.93. The summed E-state index contributed by atoms with van der Waals surface area (Å²) in [4.78, 5) is 2.39. The van der Waals surface area contributed by atoms with Gasteiger partial charge >= 0.3 is 0 Å². The van der Waals surface area contributed by atoms with Gasteiger partial charge in [-0.15, -0.1) is 0 Å². The zero-order valence-electron chi connectivity index (χ0n) is 20.0. The van der Waals surface area contributed by atoms with E-state index in [9.17, 15) is 8.42 Å². The molecule has 34 heavy (non-hydrogen) atoms. The molecule has 1 heterocycles. The van der Waals surface area contributed by atoms with E-state index in [1.807, 2.05) is 58.3 Å². The summed E-state index contributed by atoms with van der Waals surface area (Å²) in [6.07, 6.45) is 5.43. The summed E-state index contributed by atoms with van der Waals surface area (Å²) >= 11 is 0. The predicted octanol–water partition coefficient (Wildman–Crippen LogP) is 6.00. The van der Waals surface area contributed by atoms with Crippen molar-refractivity contribution in [1.82, 2.24) is 0 Å². The van der Waals surface area contributed by atoms with Crippen LogP contribution in [-0.4, -0.2) is 22.5 Å². The van der Waals surface area contributed by atoms with Gasteiger partial charge in [-0.2, -0.15) is 0 Å². The van der Waals surface area contributed by atoms with Gasteiger partial charge in [0.15, 0.2) is 0 Å². The van der Waals surface area contributed by atoms with Crippen molar-refractivity contribution in [2.45, 2.75) is 37.1 Å². The summed E-state index contributed by atoms with van der Waals surface area (Å²) < 4.78 is 29.2. The molecule has 1 aliphatic heterocycles. The van der Waals surface area contributed by atoms with Gasteiger partial charge in [0.05, 0.1) is 10.9 Å². The highest BCUT2D eigenvalue weighted by Gasteiger charge is 2.38. The first-order valence-corrected chi connectivity index (χ1v) is 13.2. The highest BCUT2D eigenvalue weighted by molar-refractivity contribution is 7.92. The number of sulfonamides is 1. The summed E-state index contributed by atoms with van der Waals surface area (Å²) in [5.41, 5.74) is 7.11. The van der Waals surface area contributed by atoms with Gasteiger partial charge in [0.2, 0.25) is 0 Å². The molecule has 0 saturated carbocycles. The minimum absolute atomic E-state index is 0.180. The molecule has 3 aromatic rings. The number of benzene rings is 3. The maximum Gasteiger partial charge on any atom is 0.261 e. The molecule has 5 nitrogen and oxygen atoms in total. The van der Waals surface area contributed by atoms with Crippen molar-refractivity contribution >= 4 is 27.1 Å². The van der Waals surface area contributed by atoms with Crippen LogP contribution in [0, 0.1) is 19.8 Å². The lowest BCUT2D eigenvalue weighted by atomic mass is 9.77. The van der Waals surface area contributed by atoms with E-state index in [1.54, 1.807) is 6.07 Å². The Morgan fingerprint density at radius 1 is 0.941 bits per heavy atom. The van der Waals surface area contributed by atoms with Crippen LogP contribution in [0.4, 0.5) is 17.1 Å². The van der Waals surface area contributed by atoms with Crippen LogP contribution in [0.25, 0.3) is 0 Å². The van der Waals surface area contributed by atoms with Gasteiger partial charge in [-0.3, -0.25) is 4.72 Å². The topological polar surface area (TPSA) is 61.4 Å². The third-order valence-corrected chi connectivity index (χ3v) is 8.27. The summed E-state index contributed by atoms with van der Waals surface area (Å²) in [5.74, 6) is 0.536. The number of anilines is 3. The molecule has 2 N–H and O–H groups in total. The van der Waals surface area contributed by atoms with Crippen molar-refractivity contribution in [3.8, 4) is 0 Å². The number of nitrogens with one attached hydrogen (secondary N) is 2. The van der Waals surface area contributed by atoms with Crippen LogP contribution in [-0.2, 0) is 10.0 Å². The second-order valence-corrected chi connectivity index (χ2v) is 11.4. The maximum absolute atomic E-state index is 13.2. The highest BCUT2D eigenvalue weighted by Crippen LogP contribution is 2.50. The van der Waals surface area contributed by atoms with E-state index in [4.69, 9.17) is 0 Å². The molecule has 0 saturated heterocycles. The molecule has 0 radical (unpaired) electrons. The van der Waals surface area contributed by atoms with Crippen LogP contribution >= 0.6 is 0 Å². The van der Waals surface area contributed by atoms with Gasteiger partial charge in [0.1, 0.15) is 0 Å². The lowest BCUT2D eigenvalue weighted by Crippen LogP contribution is -2.29. The van der Waals surface area contributed by atoms with Crippen molar-refractivity contribution < 1.29 is 8.42 Å². The number of hydrogen-bond acceptors (Lipinski definition) is 4.